The van der Waals surface area contributed by atoms with E-state index >= 15 is 0 Å². The molecule has 5 heteroatoms. The average molecular weight is 338 g/mol. The lowest BCUT2D eigenvalue weighted by Crippen LogP contribution is -2.11. The SMILES string of the molecule is CC(=O)CCc1ccc(O)cc1.O=C1C=CC(=O)c2c(O)cccc21. The van der Waals surface area contributed by atoms with Crippen molar-refractivity contribution in [1.82, 2.24) is 0 Å². The van der Waals surface area contributed by atoms with Crippen LogP contribution in [0.1, 0.15) is 39.6 Å². The fraction of sp³-hybridized carbons (Fsp3) is 0.150. The Labute approximate surface area is 145 Å². The third-order valence-electron chi connectivity index (χ3n) is 3.64. The summed E-state index contributed by atoms with van der Waals surface area (Å²) in [5, 5.41) is 18.3. The third-order valence-corrected chi connectivity index (χ3v) is 3.64. The predicted molar refractivity (Wildman–Crippen MR) is 93.0 cm³/mol. The van der Waals surface area contributed by atoms with Gasteiger partial charge in [0.25, 0.3) is 0 Å². The van der Waals surface area contributed by atoms with Crippen LogP contribution in [0.2, 0.25) is 0 Å². The number of Topliss-reactive ketones (excluding diaryl/α,β-unsaturated/α-hetero) is 1. The minimum Gasteiger partial charge on any atom is -0.508 e. The van der Waals surface area contributed by atoms with Crippen molar-refractivity contribution in [3.05, 3.63) is 71.3 Å². The maximum Gasteiger partial charge on any atom is 0.190 e. The highest BCUT2D eigenvalue weighted by molar-refractivity contribution is 6.23. The van der Waals surface area contributed by atoms with Crippen molar-refractivity contribution in [2.75, 3.05) is 0 Å². The van der Waals surface area contributed by atoms with E-state index in [2.05, 4.69) is 0 Å². The quantitative estimate of drug-likeness (QED) is 0.896. The second-order valence-electron chi connectivity index (χ2n) is 5.63. The maximum atomic E-state index is 11.3. The topological polar surface area (TPSA) is 91.7 Å². The van der Waals surface area contributed by atoms with E-state index in [-0.39, 0.29) is 40.0 Å². The molecule has 0 heterocycles. The molecule has 2 aromatic carbocycles. The molecule has 0 aliphatic heterocycles. The van der Waals surface area contributed by atoms with E-state index in [1.807, 2.05) is 12.1 Å². The van der Waals surface area contributed by atoms with Crippen molar-refractivity contribution >= 4 is 17.3 Å². The Bertz CT molecular complexity index is 832. The zero-order chi connectivity index (χ0) is 18.4. The highest BCUT2D eigenvalue weighted by Gasteiger charge is 2.21. The molecule has 0 amide bonds. The van der Waals surface area contributed by atoms with Crippen LogP contribution in [0.5, 0.6) is 11.5 Å². The second-order valence-corrected chi connectivity index (χ2v) is 5.63. The Hall–Kier alpha value is -3.21. The van der Waals surface area contributed by atoms with Crippen LogP contribution in [0.3, 0.4) is 0 Å². The number of benzene rings is 2. The Morgan fingerprint density at radius 1 is 0.920 bits per heavy atom. The molecule has 0 bridgehead atoms. The number of phenols is 2. The van der Waals surface area contributed by atoms with Crippen LogP contribution in [-0.2, 0) is 11.2 Å². The van der Waals surface area contributed by atoms with Crippen molar-refractivity contribution in [3.8, 4) is 11.5 Å². The van der Waals surface area contributed by atoms with E-state index in [9.17, 15) is 19.5 Å². The summed E-state index contributed by atoms with van der Waals surface area (Å²) in [7, 11) is 0. The van der Waals surface area contributed by atoms with E-state index in [4.69, 9.17) is 5.11 Å². The lowest BCUT2D eigenvalue weighted by Gasteiger charge is -2.09. The zero-order valence-corrected chi connectivity index (χ0v) is 13.7. The molecule has 0 saturated heterocycles. The van der Waals surface area contributed by atoms with Gasteiger partial charge in [-0.15, -0.1) is 0 Å². The summed E-state index contributed by atoms with van der Waals surface area (Å²) in [6.07, 6.45) is 3.72. The van der Waals surface area contributed by atoms with Crippen molar-refractivity contribution in [3.63, 3.8) is 0 Å². The van der Waals surface area contributed by atoms with E-state index in [0.29, 0.717) is 6.42 Å². The van der Waals surface area contributed by atoms with Gasteiger partial charge in [0, 0.05) is 12.0 Å². The van der Waals surface area contributed by atoms with Gasteiger partial charge in [-0.25, -0.2) is 0 Å². The number of aryl methyl sites for hydroxylation is 1. The molecule has 1 aliphatic carbocycles. The van der Waals surface area contributed by atoms with E-state index in [0.717, 1.165) is 12.0 Å². The number of fused-ring (bicyclic) bond motifs is 1. The molecule has 0 radical (unpaired) electrons. The number of ketones is 3. The summed E-state index contributed by atoms with van der Waals surface area (Å²) in [4.78, 5) is 33.1. The highest BCUT2D eigenvalue weighted by atomic mass is 16.3. The molecule has 0 spiro atoms. The van der Waals surface area contributed by atoms with Gasteiger partial charge in [0.15, 0.2) is 11.6 Å². The lowest BCUT2D eigenvalue weighted by atomic mass is 9.94. The molecule has 0 atom stereocenters. The molecule has 2 N–H and O–H groups in total. The van der Waals surface area contributed by atoms with E-state index in [1.54, 1.807) is 25.1 Å². The first-order valence-electron chi connectivity index (χ1n) is 7.74. The number of allylic oxidation sites excluding steroid dienone is 2. The summed E-state index contributed by atoms with van der Waals surface area (Å²) >= 11 is 0. The third kappa shape index (κ3) is 4.88. The van der Waals surface area contributed by atoms with Gasteiger partial charge in [-0.3, -0.25) is 9.59 Å². The van der Waals surface area contributed by atoms with Gasteiger partial charge in [-0.1, -0.05) is 24.3 Å². The number of carbonyl (C=O) groups is 3. The molecule has 2 aromatic rings. The first kappa shape index (κ1) is 18.1. The zero-order valence-electron chi connectivity index (χ0n) is 13.7. The Balaban J connectivity index is 0.000000181. The van der Waals surface area contributed by atoms with Gasteiger partial charge < -0.3 is 15.0 Å². The molecule has 1 aliphatic rings. The summed E-state index contributed by atoms with van der Waals surface area (Å²) in [6.45, 7) is 1.58. The van der Waals surface area contributed by atoms with Crippen LogP contribution in [0.25, 0.3) is 0 Å². The van der Waals surface area contributed by atoms with Crippen LogP contribution < -0.4 is 0 Å². The normalized spacial score (nSPS) is 12.2. The first-order valence-corrected chi connectivity index (χ1v) is 7.74. The Morgan fingerprint density at radius 2 is 1.56 bits per heavy atom. The minimum absolute atomic E-state index is 0.106. The van der Waals surface area contributed by atoms with Crippen LogP contribution in [0, 0.1) is 0 Å². The molecule has 0 saturated carbocycles. The minimum atomic E-state index is -0.326. The van der Waals surface area contributed by atoms with Crippen LogP contribution in [0.15, 0.2) is 54.6 Å². The monoisotopic (exact) mass is 338 g/mol. The molecule has 25 heavy (non-hydrogen) atoms. The number of carbonyl (C=O) groups excluding carboxylic acids is 3. The highest BCUT2D eigenvalue weighted by Crippen LogP contribution is 2.25. The summed E-state index contributed by atoms with van der Waals surface area (Å²) < 4.78 is 0. The van der Waals surface area contributed by atoms with Gasteiger partial charge in [0.2, 0.25) is 0 Å². The van der Waals surface area contributed by atoms with Gasteiger partial charge in [0.05, 0.1) is 5.56 Å². The van der Waals surface area contributed by atoms with Gasteiger partial charge in [-0.2, -0.15) is 0 Å². The van der Waals surface area contributed by atoms with Crippen molar-refractivity contribution < 1.29 is 24.6 Å². The summed E-state index contributed by atoms with van der Waals surface area (Å²) in [5.74, 6) is -0.247. The summed E-state index contributed by atoms with van der Waals surface area (Å²) in [5.41, 5.74) is 1.46. The molecular formula is C20H18O5. The van der Waals surface area contributed by atoms with Gasteiger partial charge in [0.1, 0.15) is 17.3 Å². The Kier molecular flexibility index (Phi) is 5.84. The molecule has 3 rings (SSSR count). The standard InChI is InChI=1S/C10H6O3.C10H12O2/c11-7-4-5-9(13)10-6(7)2-1-3-8(10)12;1-8(11)2-3-9-4-6-10(12)7-5-9/h1-5,12H;4-7,12H,2-3H2,1H3. The number of hydrogen-bond donors (Lipinski definition) is 2. The fourth-order valence-corrected chi connectivity index (χ4v) is 2.31. The second kappa shape index (κ2) is 8.06. The molecule has 5 nitrogen and oxygen atoms in total. The molecule has 0 unspecified atom stereocenters. The number of aromatic hydroxyl groups is 2. The van der Waals surface area contributed by atoms with Crippen molar-refractivity contribution in [2.45, 2.75) is 19.8 Å². The van der Waals surface area contributed by atoms with Crippen LogP contribution >= 0.6 is 0 Å². The van der Waals surface area contributed by atoms with Crippen molar-refractivity contribution in [2.24, 2.45) is 0 Å². The number of hydrogen-bond acceptors (Lipinski definition) is 5. The van der Waals surface area contributed by atoms with Crippen LogP contribution in [0.4, 0.5) is 0 Å². The predicted octanol–water partition coefficient (Wildman–Crippen LogP) is 3.24. The maximum absolute atomic E-state index is 11.3. The summed E-state index contributed by atoms with van der Waals surface area (Å²) in [6, 6.07) is 11.4. The number of phenolic OH excluding ortho intramolecular Hbond substituents is 2. The van der Waals surface area contributed by atoms with Gasteiger partial charge >= 0.3 is 0 Å². The molecular weight excluding hydrogens is 320 g/mol. The van der Waals surface area contributed by atoms with E-state index in [1.165, 1.54) is 24.3 Å². The molecule has 0 aromatic heterocycles. The van der Waals surface area contributed by atoms with Gasteiger partial charge in [-0.05, 0) is 49.3 Å². The molecule has 128 valence electrons. The van der Waals surface area contributed by atoms with Crippen LogP contribution in [-0.4, -0.2) is 27.6 Å². The number of rotatable bonds is 3. The smallest absolute Gasteiger partial charge is 0.190 e. The molecule has 0 fully saturated rings. The lowest BCUT2D eigenvalue weighted by molar-refractivity contribution is -0.116. The first-order chi connectivity index (χ1) is 11.9. The fourth-order valence-electron chi connectivity index (χ4n) is 2.31. The largest absolute Gasteiger partial charge is 0.508 e. The van der Waals surface area contributed by atoms with E-state index < -0.39 is 0 Å². The van der Waals surface area contributed by atoms with Crippen molar-refractivity contribution in [1.29, 1.82) is 0 Å². The Morgan fingerprint density at radius 3 is 2.16 bits per heavy atom. The average Bonchev–Trinajstić information content (AvgIpc) is 2.58.